The highest BCUT2D eigenvalue weighted by atomic mass is 31.2. The predicted octanol–water partition coefficient (Wildman–Crippen LogP) is 5.20. The van der Waals surface area contributed by atoms with Crippen molar-refractivity contribution in [1.82, 2.24) is 5.32 Å². The highest BCUT2D eigenvalue weighted by Crippen LogP contribution is 2.48. The molecule has 0 heterocycles. The van der Waals surface area contributed by atoms with E-state index in [0.717, 1.165) is 16.7 Å². The molecule has 0 radical (unpaired) electrons. The van der Waals surface area contributed by atoms with Crippen molar-refractivity contribution in [3.05, 3.63) is 108 Å². The average Bonchev–Trinajstić information content (AvgIpc) is 2.82. The summed E-state index contributed by atoms with van der Waals surface area (Å²) in [5.74, 6) is 0. The van der Waals surface area contributed by atoms with Crippen molar-refractivity contribution in [2.75, 3.05) is 25.9 Å². The molecule has 2 N–H and O–H groups in total. The van der Waals surface area contributed by atoms with Crippen molar-refractivity contribution in [2.24, 2.45) is 0 Å². The third-order valence-electron chi connectivity index (χ3n) is 5.31. The van der Waals surface area contributed by atoms with Gasteiger partial charge in [-0.2, -0.15) is 0 Å². The first-order chi connectivity index (χ1) is 15.5. The molecular weight excluding hydrogens is 421 g/mol. The van der Waals surface area contributed by atoms with Gasteiger partial charge in [0, 0.05) is 6.54 Å². The van der Waals surface area contributed by atoms with E-state index in [4.69, 9.17) is 9.05 Å². The van der Waals surface area contributed by atoms with Crippen molar-refractivity contribution < 1.29 is 18.7 Å². The Morgan fingerprint density at radius 2 is 1.16 bits per heavy atom. The normalized spacial score (nSPS) is 13.1. The van der Waals surface area contributed by atoms with Gasteiger partial charge in [-0.1, -0.05) is 91.0 Å². The van der Waals surface area contributed by atoms with E-state index in [2.05, 4.69) is 41.7 Å². The molecule has 6 heteroatoms. The lowest BCUT2D eigenvalue weighted by Crippen LogP contribution is -2.48. The van der Waals surface area contributed by atoms with Gasteiger partial charge in [0.2, 0.25) is 0 Å². The first-order valence-electron chi connectivity index (χ1n) is 11.0. The number of aliphatic hydroxyl groups is 1. The zero-order valence-electron chi connectivity index (χ0n) is 18.7. The van der Waals surface area contributed by atoms with Crippen LogP contribution in [0.5, 0.6) is 0 Å². The molecule has 0 aliphatic carbocycles. The van der Waals surface area contributed by atoms with E-state index in [-0.39, 0.29) is 25.9 Å². The highest BCUT2D eigenvalue weighted by Gasteiger charge is 2.37. The number of hydrogen-bond acceptors (Lipinski definition) is 5. The first kappa shape index (κ1) is 24.4. The van der Waals surface area contributed by atoms with E-state index in [9.17, 15) is 9.67 Å². The summed E-state index contributed by atoms with van der Waals surface area (Å²) < 4.78 is 23.7. The van der Waals surface area contributed by atoms with Gasteiger partial charge >= 0.3 is 7.60 Å². The van der Waals surface area contributed by atoms with Crippen LogP contribution in [0.25, 0.3) is 0 Å². The molecule has 5 nitrogen and oxygen atoms in total. The molecule has 3 rings (SSSR count). The molecule has 0 aliphatic heterocycles. The Labute approximate surface area is 190 Å². The molecule has 0 aromatic heterocycles. The Kier molecular flexibility index (Phi) is 8.80. The summed E-state index contributed by atoms with van der Waals surface area (Å²) in [4.78, 5) is 0. The quantitative estimate of drug-likeness (QED) is 0.292. The zero-order valence-corrected chi connectivity index (χ0v) is 19.6. The molecule has 0 saturated heterocycles. The Morgan fingerprint density at radius 3 is 1.50 bits per heavy atom. The average molecular weight is 454 g/mol. The summed E-state index contributed by atoms with van der Waals surface area (Å²) in [5, 5.41) is 14.5. The molecule has 0 fully saturated rings. The van der Waals surface area contributed by atoms with E-state index in [1.165, 1.54) is 0 Å². The van der Waals surface area contributed by atoms with Gasteiger partial charge in [-0.15, -0.1) is 0 Å². The summed E-state index contributed by atoms with van der Waals surface area (Å²) in [6.45, 7) is 4.25. The fraction of sp³-hybridized carbons (Fsp3) is 0.308. The maximum atomic E-state index is 12.9. The smallest absolute Gasteiger partial charge is 0.333 e. The summed E-state index contributed by atoms with van der Waals surface area (Å²) in [6.07, 6.45) is -0.995. The van der Waals surface area contributed by atoms with Gasteiger partial charge < -0.3 is 14.2 Å². The molecule has 0 unspecified atom stereocenters. The number of hydrogen-bond donors (Lipinski definition) is 2. The first-order valence-corrected chi connectivity index (χ1v) is 12.7. The van der Waals surface area contributed by atoms with Crippen molar-refractivity contribution in [3.8, 4) is 0 Å². The minimum atomic E-state index is -3.36. The van der Waals surface area contributed by atoms with Crippen LogP contribution in [0.3, 0.4) is 0 Å². The fourth-order valence-corrected chi connectivity index (χ4v) is 5.72. The lowest BCUT2D eigenvalue weighted by molar-refractivity contribution is 0.161. The van der Waals surface area contributed by atoms with Gasteiger partial charge in [0.15, 0.2) is 0 Å². The van der Waals surface area contributed by atoms with Crippen LogP contribution in [0.1, 0.15) is 30.5 Å². The Bertz CT molecular complexity index is 876. The van der Waals surface area contributed by atoms with E-state index in [1.54, 1.807) is 13.8 Å². The molecule has 3 aromatic rings. The second-order valence-corrected chi connectivity index (χ2v) is 9.62. The molecule has 32 heavy (non-hydrogen) atoms. The van der Waals surface area contributed by atoms with Crippen LogP contribution in [0.2, 0.25) is 0 Å². The van der Waals surface area contributed by atoms with Crippen LogP contribution in [0.4, 0.5) is 0 Å². The predicted molar refractivity (Wildman–Crippen MR) is 129 cm³/mol. The van der Waals surface area contributed by atoms with E-state index in [1.807, 2.05) is 54.6 Å². The third-order valence-corrected chi connectivity index (χ3v) is 7.48. The van der Waals surface area contributed by atoms with Gasteiger partial charge in [-0.05, 0) is 30.5 Å². The highest BCUT2D eigenvalue weighted by molar-refractivity contribution is 7.53. The van der Waals surface area contributed by atoms with E-state index >= 15 is 0 Å². The standard InChI is InChI=1S/C26H32NO4P/c1-3-30-32(29,31-4-2)21-25(28)20-27-26(22-14-8-5-9-15-22,23-16-10-6-11-17-23)24-18-12-7-13-19-24/h5-19,25,27-28H,3-4,20-21H2,1-2H3/t25-/m0/s1. The third kappa shape index (κ3) is 5.74. The zero-order chi connectivity index (χ0) is 22.9. The SMILES string of the molecule is CCOP(=O)(C[C@@H](O)CNC(c1ccccc1)(c1ccccc1)c1ccccc1)OCC. The second kappa shape index (κ2) is 11.6. The minimum absolute atomic E-state index is 0.0733. The lowest BCUT2D eigenvalue weighted by atomic mass is 9.77. The maximum Gasteiger partial charge on any atom is 0.333 e. The van der Waals surface area contributed by atoms with E-state index in [0.29, 0.717) is 0 Å². The molecule has 0 amide bonds. The van der Waals surface area contributed by atoms with Crippen LogP contribution in [0.15, 0.2) is 91.0 Å². The summed E-state index contributed by atoms with van der Waals surface area (Å²) >= 11 is 0. The van der Waals surface area contributed by atoms with Crippen molar-refractivity contribution >= 4 is 7.60 Å². The largest absolute Gasteiger partial charge is 0.391 e. The molecular formula is C26H32NO4P. The second-order valence-electron chi connectivity index (χ2n) is 7.51. The lowest BCUT2D eigenvalue weighted by Gasteiger charge is -2.38. The fourth-order valence-electron chi connectivity index (χ4n) is 4.00. The van der Waals surface area contributed by atoms with Gasteiger partial charge in [-0.25, -0.2) is 0 Å². The van der Waals surface area contributed by atoms with Gasteiger partial charge in [0.25, 0.3) is 0 Å². The molecule has 3 aromatic carbocycles. The molecule has 0 bridgehead atoms. The van der Waals surface area contributed by atoms with Crippen LogP contribution in [-0.4, -0.2) is 37.1 Å². The molecule has 0 aliphatic rings. The summed E-state index contributed by atoms with van der Waals surface area (Å²) in [6, 6.07) is 30.4. The number of benzene rings is 3. The van der Waals surface area contributed by atoms with Crippen LogP contribution in [-0.2, 0) is 19.2 Å². The van der Waals surface area contributed by atoms with Crippen LogP contribution >= 0.6 is 7.60 Å². The maximum absolute atomic E-state index is 12.9. The summed E-state index contributed by atoms with van der Waals surface area (Å²) in [7, 11) is -3.36. The Hall–Kier alpha value is -2.27. The Balaban J connectivity index is 1.99. The van der Waals surface area contributed by atoms with Crippen LogP contribution < -0.4 is 5.32 Å². The molecule has 1 atom stereocenters. The van der Waals surface area contributed by atoms with Crippen molar-refractivity contribution in [3.63, 3.8) is 0 Å². The van der Waals surface area contributed by atoms with Gasteiger partial charge in [0.1, 0.15) is 0 Å². The number of rotatable bonds is 12. The number of nitrogens with one attached hydrogen (secondary N) is 1. The monoisotopic (exact) mass is 453 g/mol. The van der Waals surface area contributed by atoms with Crippen LogP contribution in [0, 0.1) is 0 Å². The molecule has 0 spiro atoms. The minimum Gasteiger partial charge on any atom is -0.391 e. The van der Waals surface area contributed by atoms with Crippen molar-refractivity contribution in [2.45, 2.75) is 25.5 Å². The topological polar surface area (TPSA) is 67.8 Å². The van der Waals surface area contributed by atoms with Gasteiger partial charge in [0.05, 0.1) is 31.0 Å². The number of aliphatic hydroxyl groups excluding tert-OH is 1. The van der Waals surface area contributed by atoms with Crippen molar-refractivity contribution in [1.29, 1.82) is 0 Å². The van der Waals surface area contributed by atoms with Gasteiger partial charge in [-0.3, -0.25) is 9.88 Å². The molecule has 0 saturated carbocycles. The Morgan fingerprint density at radius 1 is 0.781 bits per heavy atom. The summed E-state index contributed by atoms with van der Waals surface area (Å²) in [5.41, 5.74) is 2.43. The van der Waals surface area contributed by atoms with E-state index < -0.39 is 19.2 Å². The molecule has 170 valence electrons.